The second-order valence-corrected chi connectivity index (χ2v) is 8.58. The van der Waals surface area contributed by atoms with Crippen LogP contribution in [0.15, 0.2) is 47.8 Å². The summed E-state index contributed by atoms with van der Waals surface area (Å²) in [7, 11) is 5.18. The molecule has 0 N–H and O–H groups in total. The summed E-state index contributed by atoms with van der Waals surface area (Å²) in [5.74, 6) is 2.58. The van der Waals surface area contributed by atoms with Crippen LogP contribution in [0.2, 0.25) is 0 Å². The Morgan fingerprint density at radius 2 is 1.70 bits per heavy atom. The van der Waals surface area contributed by atoms with Gasteiger partial charge in [-0.2, -0.15) is 0 Å². The minimum absolute atomic E-state index is 0.0434. The van der Waals surface area contributed by atoms with Gasteiger partial charge in [-0.25, -0.2) is 15.0 Å². The van der Waals surface area contributed by atoms with E-state index in [4.69, 9.17) is 24.4 Å². The van der Waals surface area contributed by atoms with E-state index >= 15 is 0 Å². The van der Waals surface area contributed by atoms with E-state index in [-0.39, 0.29) is 12.3 Å². The van der Waals surface area contributed by atoms with Crippen LogP contribution < -0.4 is 19.3 Å². The van der Waals surface area contributed by atoms with Crippen LogP contribution in [0.25, 0.3) is 21.6 Å². The largest absolute Gasteiger partial charge is 0.493 e. The predicted molar refractivity (Wildman–Crippen MR) is 130 cm³/mol. The molecule has 4 aromatic rings. The molecule has 0 bridgehead atoms. The Labute approximate surface area is 195 Å². The Morgan fingerprint density at radius 3 is 2.42 bits per heavy atom. The summed E-state index contributed by atoms with van der Waals surface area (Å²) in [5.41, 5.74) is 3.23. The van der Waals surface area contributed by atoms with E-state index in [1.165, 1.54) is 11.3 Å². The number of rotatable bonds is 5. The summed E-state index contributed by atoms with van der Waals surface area (Å²) < 4.78 is 10.7. The van der Waals surface area contributed by atoms with E-state index < -0.39 is 0 Å². The third-order valence-corrected chi connectivity index (χ3v) is 6.57. The number of thiazole rings is 1. The van der Waals surface area contributed by atoms with Gasteiger partial charge in [0.2, 0.25) is 5.91 Å². The van der Waals surface area contributed by atoms with Gasteiger partial charge in [0.25, 0.3) is 0 Å². The summed E-state index contributed by atoms with van der Waals surface area (Å²) in [5, 5.41) is 2.75. The summed E-state index contributed by atoms with van der Waals surface area (Å²) in [4.78, 5) is 31.2. The fourth-order valence-electron chi connectivity index (χ4n) is 3.86. The van der Waals surface area contributed by atoms with Crippen molar-refractivity contribution in [1.29, 1.82) is 0 Å². The van der Waals surface area contributed by atoms with Crippen molar-refractivity contribution in [2.45, 2.75) is 6.42 Å². The molecule has 1 aliphatic heterocycles. The quantitative estimate of drug-likeness (QED) is 0.447. The first-order chi connectivity index (χ1) is 16.1. The van der Waals surface area contributed by atoms with E-state index in [9.17, 15) is 4.79 Å². The lowest BCUT2D eigenvalue weighted by Gasteiger charge is -2.33. The minimum Gasteiger partial charge on any atom is -0.493 e. The third-order valence-electron chi connectivity index (χ3n) is 5.63. The Kier molecular flexibility index (Phi) is 5.55. The van der Waals surface area contributed by atoms with E-state index in [0.717, 1.165) is 33.1 Å². The zero-order chi connectivity index (χ0) is 22.9. The number of amides is 1. The maximum atomic E-state index is 13.3. The number of hydrogen-bond acceptors (Lipinski definition) is 8. The van der Waals surface area contributed by atoms with Gasteiger partial charge >= 0.3 is 0 Å². The highest BCUT2D eigenvalue weighted by Crippen LogP contribution is 2.34. The van der Waals surface area contributed by atoms with Gasteiger partial charge in [0, 0.05) is 31.1 Å². The lowest BCUT2D eigenvalue weighted by atomic mass is 10.2. The molecular formula is C24H23N5O3S. The smallest absolute Gasteiger partial charge is 0.234 e. The van der Waals surface area contributed by atoms with Gasteiger partial charge < -0.3 is 14.4 Å². The van der Waals surface area contributed by atoms with Crippen LogP contribution in [0.4, 0.5) is 11.6 Å². The van der Waals surface area contributed by atoms with Crippen LogP contribution in [-0.2, 0) is 11.2 Å². The molecule has 168 valence electrons. The van der Waals surface area contributed by atoms with Gasteiger partial charge in [-0.05, 0) is 30.3 Å². The monoisotopic (exact) mass is 461 g/mol. The molecule has 2 aromatic carbocycles. The number of aromatic nitrogens is 3. The Bertz CT molecular complexity index is 1340. The first kappa shape index (κ1) is 21.1. The molecular weight excluding hydrogens is 438 g/mol. The average Bonchev–Trinajstić information content (AvgIpc) is 3.31. The van der Waals surface area contributed by atoms with Crippen LogP contribution in [0.3, 0.4) is 0 Å². The molecule has 2 aromatic heterocycles. The molecule has 1 amide bonds. The number of anilines is 2. The maximum absolute atomic E-state index is 13.3. The van der Waals surface area contributed by atoms with Gasteiger partial charge in [0.15, 0.2) is 23.1 Å². The standard InChI is InChI=1S/C24H23N5O3S/c1-28-10-11-29(23-22(28)26-17-6-4-5-7-18(17)27-23)21(30)13-16-14-33-24(25-16)15-8-9-19(31-2)20(12-15)32-3/h4-9,12,14H,10-11,13H2,1-3H3. The van der Waals surface area contributed by atoms with E-state index in [2.05, 4.69) is 0 Å². The molecule has 5 rings (SSSR count). The topological polar surface area (TPSA) is 80.7 Å². The second kappa shape index (κ2) is 8.67. The highest BCUT2D eigenvalue weighted by Gasteiger charge is 2.29. The van der Waals surface area contributed by atoms with E-state index in [0.29, 0.717) is 30.4 Å². The molecule has 8 nitrogen and oxygen atoms in total. The number of likely N-dealkylation sites (N-methyl/N-ethyl adjacent to an activating group) is 1. The lowest BCUT2D eigenvalue weighted by Crippen LogP contribution is -2.44. The number of hydrogen-bond donors (Lipinski definition) is 0. The summed E-state index contributed by atoms with van der Waals surface area (Å²) in [6.45, 7) is 1.25. The molecule has 0 unspecified atom stereocenters. The van der Waals surface area contributed by atoms with Gasteiger partial charge in [0.05, 0.1) is 37.4 Å². The first-order valence-corrected chi connectivity index (χ1v) is 11.4. The maximum Gasteiger partial charge on any atom is 0.234 e. The van der Waals surface area contributed by atoms with Gasteiger partial charge in [-0.15, -0.1) is 11.3 Å². The van der Waals surface area contributed by atoms with Crippen molar-refractivity contribution in [2.75, 3.05) is 44.2 Å². The zero-order valence-electron chi connectivity index (χ0n) is 18.6. The second-order valence-electron chi connectivity index (χ2n) is 7.72. The van der Waals surface area contributed by atoms with Crippen LogP contribution in [0.1, 0.15) is 5.69 Å². The third kappa shape index (κ3) is 3.95. The number of nitrogens with zero attached hydrogens (tertiary/aromatic N) is 5. The molecule has 0 atom stereocenters. The number of para-hydroxylation sites is 2. The highest BCUT2D eigenvalue weighted by atomic mass is 32.1. The fraction of sp³-hybridized carbons (Fsp3) is 0.250. The average molecular weight is 462 g/mol. The van der Waals surface area contributed by atoms with Crippen molar-refractivity contribution in [3.63, 3.8) is 0 Å². The Balaban J connectivity index is 1.40. The lowest BCUT2D eigenvalue weighted by molar-refractivity contribution is -0.118. The van der Waals surface area contributed by atoms with Crippen molar-refractivity contribution in [1.82, 2.24) is 15.0 Å². The Hall–Kier alpha value is -3.72. The van der Waals surface area contributed by atoms with Crippen molar-refractivity contribution in [3.8, 4) is 22.1 Å². The summed E-state index contributed by atoms with van der Waals surface area (Å²) >= 11 is 1.50. The highest BCUT2D eigenvalue weighted by molar-refractivity contribution is 7.13. The van der Waals surface area contributed by atoms with Crippen molar-refractivity contribution < 1.29 is 14.3 Å². The molecule has 0 spiro atoms. The minimum atomic E-state index is -0.0434. The molecule has 0 fully saturated rings. The normalized spacial score (nSPS) is 13.2. The van der Waals surface area contributed by atoms with Crippen molar-refractivity contribution in [3.05, 3.63) is 53.5 Å². The number of ether oxygens (including phenoxy) is 2. The first-order valence-electron chi connectivity index (χ1n) is 10.5. The molecule has 3 heterocycles. The zero-order valence-corrected chi connectivity index (χ0v) is 19.4. The van der Waals surface area contributed by atoms with Crippen LogP contribution >= 0.6 is 11.3 Å². The van der Waals surface area contributed by atoms with E-state index in [1.54, 1.807) is 19.1 Å². The molecule has 0 aliphatic carbocycles. The van der Waals surface area contributed by atoms with Gasteiger partial charge in [0.1, 0.15) is 5.01 Å². The van der Waals surface area contributed by atoms with Gasteiger partial charge in [-0.3, -0.25) is 9.69 Å². The van der Waals surface area contributed by atoms with Crippen LogP contribution in [0, 0.1) is 0 Å². The summed E-state index contributed by atoms with van der Waals surface area (Å²) in [6, 6.07) is 13.4. The molecule has 9 heteroatoms. The number of carbonyl (C=O) groups excluding carboxylic acids is 1. The number of fused-ring (bicyclic) bond motifs is 2. The molecule has 0 saturated carbocycles. The van der Waals surface area contributed by atoms with E-state index in [1.807, 2.05) is 59.8 Å². The fourth-order valence-corrected chi connectivity index (χ4v) is 4.68. The van der Waals surface area contributed by atoms with Crippen molar-refractivity contribution >= 4 is 39.9 Å². The summed E-state index contributed by atoms with van der Waals surface area (Å²) in [6.07, 6.45) is 0.196. The molecule has 0 saturated heterocycles. The number of benzene rings is 2. The molecule has 33 heavy (non-hydrogen) atoms. The SMILES string of the molecule is COc1ccc(-c2nc(CC(=O)N3CCN(C)c4nc5ccccc5nc43)cs2)cc1OC. The molecule has 1 aliphatic rings. The predicted octanol–water partition coefficient (Wildman–Crippen LogP) is 3.80. The number of carbonyl (C=O) groups is 1. The van der Waals surface area contributed by atoms with Crippen LogP contribution in [0.5, 0.6) is 11.5 Å². The van der Waals surface area contributed by atoms with Gasteiger partial charge in [-0.1, -0.05) is 12.1 Å². The Morgan fingerprint density at radius 1 is 0.970 bits per heavy atom. The molecule has 0 radical (unpaired) electrons. The van der Waals surface area contributed by atoms with Crippen molar-refractivity contribution in [2.24, 2.45) is 0 Å². The van der Waals surface area contributed by atoms with Crippen LogP contribution in [-0.4, -0.2) is 55.2 Å². The number of methoxy groups -OCH3 is 2.